The number of anilines is 1. The summed E-state index contributed by atoms with van der Waals surface area (Å²) in [6.45, 7) is 4.47. The van der Waals surface area contributed by atoms with E-state index in [1.165, 1.54) is 0 Å². The van der Waals surface area contributed by atoms with E-state index in [1.54, 1.807) is 6.07 Å². The standard InChI is InChI=1S/C16H20ClN3O/c1-2-10-21-11-6-9-18-15-12-14(17)19-16(20-15)13-7-4-3-5-8-13/h3-5,7-8,12H,2,6,9-11H2,1H3,(H,18,19,20). The van der Waals surface area contributed by atoms with Crippen molar-refractivity contribution in [2.45, 2.75) is 19.8 Å². The maximum absolute atomic E-state index is 6.07. The van der Waals surface area contributed by atoms with E-state index < -0.39 is 0 Å². The Morgan fingerprint density at radius 1 is 1.14 bits per heavy atom. The third kappa shape index (κ3) is 5.33. The monoisotopic (exact) mass is 305 g/mol. The zero-order valence-electron chi connectivity index (χ0n) is 12.2. The van der Waals surface area contributed by atoms with Crippen molar-refractivity contribution < 1.29 is 4.74 Å². The van der Waals surface area contributed by atoms with Gasteiger partial charge in [-0.1, -0.05) is 48.9 Å². The Kier molecular flexibility index (Phi) is 6.44. The van der Waals surface area contributed by atoms with Crippen LogP contribution in [-0.4, -0.2) is 29.7 Å². The predicted molar refractivity (Wildman–Crippen MR) is 86.7 cm³/mol. The zero-order chi connectivity index (χ0) is 14.9. The molecule has 0 radical (unpaired) electrons. The number of rotatable bonds is 8. The summed E-state index contributed by atoms with van der Waals surface area (Å²) in [6.07, 6.45) is 1.98. The van der Waals surface area contributed by atoms with Crippen LogP contribution in [0.4, 0.5) is 5.82 Å². The smallest absolute Gasteiger partial charge is 0.163 e. The van der Waals surface area contributed by atoms with Crippen molar-refractivity contribution in [1.29, 1.82) is 0 Å². The topological polar surface area (TPSA) is 47.0 Å². The lowest BCUT2D eigenvalue weighted by molar-refractivity contribution is 0.134. The Hall–Kier alpha value is -1.65. The van der Waals surface area contributed by atoms with Crippen LogP contribution < -0.4 is 5.32 Å². The molecule has 1 aromatic carbocycles. The van der Waals surface area contributed by atoms with Gasteiger partial charge in [0, 0.05) is 31.4 Å². The number of aromatic nitrogens is 2. The van der Waals surface area contributed by atoms with Crippen molar-refractivity contribution in [3.8, 4) is 11.4 Å². The second kappa shape index (κ2) is 8.60. The van der Waals surface area contributed by atoms with Gasteiger partial charge < -0.3 is 10.1 Å². The molecule has 2 rings (SSSR count). The lowest BCUT2D eigenvalue weighted by Crippen LogP contribution is -2.08. The van der Waals surface area contributed by atoms with Crippen LogP contribution in [0.5, 0.6) is 0 Å². The summed E-state index contributed by atoms with van der Waals surface area (Å²) < 4.78 is 5.44. The minimum absolute atomic E-state index is 0.439. The average molecular weight is 306 g/mol. The second-order valence-corrected chi connectivity index (χ2v) is 5.05. The number of benzene rings is 1. The maximum Gasteiger partial charge on any atom is 0.163 e. The molecule has 5 heteroatoms. The Bertz CT molecular complexity index is 548. The summed E-state index contributed by atoms with van der Waals surface area (Å²) in [7, 11) is 0. The van der Waals surface area contributed by atoms with E-state index in [0.717, 1.165) is 44.0 Å². The first-order valence-electron chi connectivity index (χ1n) is 7.21. The fourth-order valence-electron chi connectivity index (χ4n) is 1.86. The predicted octanol–water partition coefficient (Wildman–Crippen LogP) is 4.03. The molecule has 1 N–H and O–H groups in total. The first kappa shape index (κ1) is 15.7. The molecule has 0 aliphatic rings. The van der Waals surface area contributed by atoms with Crippen molar-refractivity contribution in [3.63, 3.8) is 0 Å². The molecule has 0 atom stereocenters. The van der Waals surface area contributed by atoms with Gasteiger partial charge in [-0.25, -0.2) is 9.97 Å². The summed E-state index contributed by atoms with van der Waals surface area (Å²) in [5.41, 5.74) is 0.953. The highest BCUT2D eigenvalue weighted by Crippen LogP contribution is 2.19. The van der Waals surface area contributed by atoms with Crippen LogP contribution in [-0.2, 0) is 4.74 Å². The van der Waals surface area contributed by atoms with Crippen molar-refractivity contribution in [2.24, 2.45) is 0 Å². The van der Waals surface area contributed by atoms with Crippen LogP contribution >= 0.6 is 11.6 Å². The Morgan fingerprint density at radius 2 is 1.95 bits per heavy atom. The maximum atomic E-state index is 6.07. The number of nitrogens with zero attached hydrogens (tertiary/aromatic N) is 2. The summed E-state index contributed by atoms with van der Waals surface area (Å²) in [6, 6.07) is 11.5. The van der Waals surface area contributed by atoms with Crippen molar-refractivity contribution in [1.82, 2.24) is 9.97 Å². The van der Waals surface area contributed by atoms with Crippen LogP contribution in [0.25, 0.3) is 11.4 Å². The molecule has 0 fully saturated rings. The molecular formula is C16H20ClN3O. The third-order valence-corrected chi connectivity index (χ3v) is 3.04. The highest BCUT2D eigenvalue weighted by molar-refractivity contribution is 6.29. The Morgan fingerprint density at radius 3 is 2.71 bits per heavy atom. The first-order valence-corrected chi connectivity index (χ1v) is 7.59. The van der Waals surface area contributed by atoms with E-state index in [2.05, 4.69) is 22.2 Å². The van der Waals surface area contributed by atoms with Gasteiger partial charge in [-0.05, 0) is 12.8 Å². The summed E-state index contributed by atoms with van der Waals surface area (Å²) in [5, 5.41) is 3.70. The molecule has 0 saturated carbocycles. The fraction of sp³-hybridized carbons (Fsp3) is 0.375. The van der Waals surface area contributed by atoms with Crippen LogP contribution in [0.15, 0.2) is 36.4 Å². The summed E-state index contributed by atoms with van der Waals surface area (Å²) in [4.78, 5) is 8.75. The lowest BCUT2D eigenvalue weighted by Gasteiger charge is -2.08. The molecular weight excluding hydrogens is 286 g/mol. The number of nitrogens with one attached hydrogen (secondary N) is 1. The zero-order valence-corrected chi connectivity index (χ0v) is 12.9. The van der Waals surface area contributed by atoms with Gasteiger partial charge in [0.1, 0.15) is 11.0 Å². The third-order valence-electron chi connectivity index (χ3n) is 2.85. The normalized spacial score (nSPS) is 10.6. The molecule has 0 bridgehead atoms. The Balaban J connectivity index is 1.93. The van der Waals surface area contributed by atoms with E-state index in [9.17, 15) is 0 Å². The summed E-state index contributed by atoms with van der Waals surface area (Å²) >= 11 is 6.07. The molecule has 0 aliphatic carbocycles. The summed E-state index contributed by atoms with van der Waals surface area (Å²) in [5.74, 6) is 1.37. The van der Waals surface area contributed by atoms with Gasteiger partial charge >= 0.3 is 0 Å². The van der Waals surface area contributed by atoms with Gasteiger partial charge in [-0.2, -0.15) is 0 Å². The average Bonchev–Trinajstić information content (AvgIpc) is 2.51. The largest absolute Gasteiger partial charge is 0.381 e. The van der Waals surface area contributed by atoms with E-state index in [1.807, 2.05) is 30.3 Å². The number of halogens is 1. The van der Waals surface area contributed by atoms with Gasteiger partial charge in [0.25, 0.3) is 0 Å². The molecule has 1 aromatic heterocycles. The fourth-order valence-corrected chi connectivity index (χ4v) is 2.05. The molecule has 2 aromatic rings. The minimum Gasteiger partial charge on any atom is -0.381 e. The Labute approximate surface area is 130 Å². The van der Waals surface area contributed by atoms with Crippen LogP contribution in [0.1, 0.15) is 19.8 Å². The van der Waals surface area contributed by atoms with Crippen molar-refractivity contribution in [3.05, 3.63) is 41.6 Å². The van der Waals surface area contributed by atoms with Gasteiger partial charge in [0.15, 0.2) is 5.82 Å². The van der Waals surface area contributed by atoms with E-state index in [4.69, 9.17) is 16.3 Å². The quantitative estimate of drug-likeness (QED) is 0.591. The molecule has 0 saturated heterocycles. The van der Waals surface area contributed by atoms with Crippen LogP contribution in [0.2, 0.25) is 5.15 Å². The molecule has 21 heavy (non-hydrogen) atoms. The molecule has 1 heterocycles. The molecule has 4 nitrogen and oxygen atoms in total. The van der Waals surface area contributed by atoms with E-state index in [0.29, 0.717) is 11.0 Å². The van der Waals surface area contributed by atoms with Crippen molar-refractivity contribution in [2.75, 3.05) is 25.1 Å². The lowest BCUT2D eigenvalue weighted by atomic mass is 10.2. The van der Waals surface area contributed by atoms with Gasteiger partial charge in [-0.3, -0.25) is 0 Å². The van der Waals surface area contributed by atoms with E-state index >= 15 is 0 Å². The highest BCUT2D eigenvalue weighted by Gasteiger charge is 2.05. The molecule has 112 valence electrons. The number of hydrogen-bond donors (Lipinski definition) is 1. The van der Waals surface area contributed by atoms with Gasteiger partial charge in [-0.15, -0.1) is 0 Å². The number of ether oxygens (including phenoxy) is 1. The minimum atomic E-state index is 0.439. The molecule has 0 aliphatic heterocycles. The van der Waals surface area contributed by atoms with Gasteiger partial charge in [0.2, 0.25) is 0 Å². The molecule has 0 unspecified atom stereocenters. The molecule has 0 amide bonds. The van der Waals surface area contributed by atoms with Gasteiger partial charge in [0.05, 0.1) is 0 Å². The number of hydrogen-bond acceptors (Lipinski definition) is 4. The van der Waals surface area contributed by atoms with E-state index in [-0.39, 0.29) is 0 Å². The van der Waals surface area contributed by atoms with Crippen LogP contribution in [0.3, 0.4) is 0 Å². The second-order valence-electron chi connectivity index (χ2n) is 4.66. The molecule has 0 spiro atoms. The van der Waals surface area contributed by atoms with Crippen molar-refractivity contribution >= 4 is 17.4 Å². The van der Waals surface area contributed by atoms with Crippen LogP contribution in [0, 0.1) is 0 Å². The SMILES string of the molecule is CCCOCCCNc1cc(Cl)nc(-c2ccccc2)n1. The first-order chi connectivity index (χ1) is 10.3. The highest BCUT2D eigenvalue weighted by atomic mass is 35.5.